The lowest BCUT2D eigenvalue weighted by Gasteiger charge is -2.20. The first-order chi connectivity index (χ1) is 7.69. The Bertz CT molecular complexity index is 356. The van der Waals surface area contributed by atoms with E-state index in [-0.39, 0.29) is 0 Å². The predicted molar refractivity (Wildman–Crippen MR) is 67.6 cm³/mol. The summed E-state index contributed by atoms with van der Waals surface area (Å²) >= 11 is 0. The fourth-order valence-electron chi connectivity index (χ4n) is 1.14. The van der Waals surface area contributed by atoms with Crippen LogP contribution in [0.4, 0.5) is 0 Å². The molecule has 4 nitrogen and oxygen atoms in total. The topological polar surface area (TPSA) is 74.6 Å². The first kappa shape index (κ1) is 16.4. The van der Waals surface area contributed by atoms with Crippen LogP contribution in [0.15, 0.2) is 0 Å². The molecule has 0 aliphatic heterocycles. The van der Waals surface area contributed by atoms with E-state index in [4.69, 9.17) is 9.79 Å². The van der Waals surface area contributed by atoms with Crippen LogP contribution in [0, 0.1) is 17.3 Å². The summed E-state index contributed by atoms with van der Waals surface area (Å²) in [6, 6.07) is 0. The van der Waals surface area contributed by atoms with Gasteiger partial charge in [0.05, 0.1) is 0 Å². The third kappa shape index (κ3) is 8.15. The highest BCUT2D eigenvalue weighted by Crippen LogP contribution is 2.37. The Morgan fingerprint density at radius 1 is 1.29 bits per heavy atom. The molecule has 17 heavy (non-hydrogen) atoms. The number of unbranched alkanes of at least 4 members (excludes halogenated alkanes) is 2. The van der Waals surface area contributed by atoms with Crippen LogP contribution in [0.5, 0.6) is 0 Å². The summed E-state index contributed by atoms with van der Waals surface area (Å²) in [6.45, 7) is 5.41. The quantitative estimate of drug-likeness (QED) is 0.436. The van der Waals surface area contributed by atoms with Gasteiger partial charge in [0.2, 0.25) is 0 Å². The van der Waals surface area contributed by atoms with E-state index in [0.29, 0.717) is 6.42 Å². The second-order valence-corrected chi connectivity index (χ2v) is 6.41. The van der Waals surface area contributed by atoms with Gasteiger partial charge in [0.1, 0.15) is 6.16 Å². The number of ketones is 1. The number of hydrogen-bond acceptors (Lipinski definition) is 2. The zero-order valence-corrected chi connectivity index (χ0v) is 11.6. The Labute approximate surface area is 103 Å². The summed E-state index contributed by atoms with van der Waals surface area (Å²) in [6.07, 6.45) is 2.56. The van der Waals surface area contributed by atoms with Crippen LogP contribution in [-0.4, -0.2) is 21.7 Å². The van der Waals surface area contributed by atoms with Gasteiger partial charge in [0.25, 0.3) is 0 Å². The molecule has 0 aromatic carbocycles. The van der Waals surface area contributed by atoms with Crippen molar-refractivity contribution in [2.45, 2.75) is 46.5 Å². The van der Waals surface area contributed by atoms with Gasteiger partial charge in [-0.25, -0.2) is 0 Å². The van der Waals surface area contributed by atoms with Crippen molar-refractivity contribution in [2.24, 2.45) is 5.41 Å². The second-order valence-electron chi connectivity index (χ2n) is 4.76. The summed E-state index contributed by atoms with van der Waals surface area (Å²) in [5.74, 6) is 5.43. The average Bonchev–Trinajstić information content (AvgIpc) is 2.14. The molecule has 0 fully saturated rings. The van der Waals surface area contributed by atoms with E-state index >= 15 is 0 Å². The third-order valence-electron chi connectivity index (χ3n) is 2.42. The van der Waals surface area contributed by atoms with Gasteiger partial charge >= 0.3 is 7.60 Å². The van der Waals surface area contributed by atoms with Crippen molar-refractivity contribution in [1.82, 2.24) is 0 Å². The number of rotatable bonds is 6. The molecule has 0 heterocycles. The molecule has 0 atom stereocenters. The van der Waals surface area contributed by atoms with Crippen molar-refractivity contribution >= 4 is 13.4 Å². The van der Waals surface area contributed by atoms with Gasteiger partial charge in [-0.1, -0.05) is 27.2 Å². The molecule has 0 saturated carbocycles. The third-order valence-corrected chi connectivity index (χ3v) is 3.11. The largest absolute Gasteiger partial charge is 0.332 e. The van der Waals surface area contributed by atoms with Gasteiger partial charge in [-0.05, 0) is 6.42 Å². The predicted octanol–water partition coefficient (Wildman–Crippen LogP) is 2.34. The highest BCUT2D eigenvalue weighted by atomic mass is 31.2. The summed E-state index contributed by atoms with van der Waals surface area (Å²) in [5.41, 5.74) is -0.791. The second kappa shape index (κ2) is 6.96. The van der Waals surface area contributed by atoms with Gasteiger partial charge in [0, 0.05) is 18.3 Å². The van der Waals surface area contributed by atoms with Crippen LogP contribution in [0.3, 0.4) is 0 Å². The molecule has 0 aliphatic carbocycles. The Morgan fingerprint density at radius 2 is 1.88 bits per heavy atom. The molecular weight excluding hydrogens is 239 g/mol. The van der Waals surface area contributed by atoms with Crippen molar-refractivity contribution in [3.63, 3.8) is 0 Å². The smallest absolute Gasteiger partial charge is 0.324 e. The normalized spacial score (nSPS) is 11.8. The molecule has 0 saturated heterocycles. The van der Waals surface area contributed by atoms with Gasteiger partial charge in [-0.3, -0.25) is 9.36 Å². The Morgan fingerprint density at radius 3 is 2.35 bits per heavy atom. The molecule has 98 valence electrons. The highest BCUT2D eigenvalue weighted by molar-refractivity contribution is 7.52. The lowest BCUT2D eigenvalue weighted by Crippen LogP contribution is -2.26. The standard InChI is InChI=1S/C12H21O4P/c1-4-5-6-7-8-9-12(2,3)11(13)10-17(14,15)16/h4-6,9-10H2,1-3H3,(H2,14,15,16). The maximum atomic E-state index is 11.6. The number of carbonyl (C=O) groups excluding carboxylic acids is 1. The maximum absolute atomic E-state index is 11.6. The SMILES string of the molecule is CCCCC#CCC(C)(C)C(=O)CP(=O)(O)O. The van der Waals surface area contributed by atoms with E-state index in [9.17, 15) is 9.36 Å². The molecule has 0 amide bonds. The van der Waals surface area contributed by atoms with E-state index in [1.165, 1.54) is 0 Å². The summed E-state index contributed by atoms with van der Waals surface area (Å²) in [4.78, 5) is 29.1. The molecule has 0 bridgehead atoms. The van der Waals surface area contributed by atoms with Crippen molar-refractivity contribution in [3.05, 3.63) is 0 Å². The molecule has 5 heteroatoms. The lowest BCUT2D eigenvalue weighted by atomic mass is 9.85. The molecule has 0 aliphatic rings. The summed E-state index contributed by atoms with van der Waals surface area (Å²) in [7, 11) is -4.27. The maximum Gasteiger partial charge on any atom is 0.332 e. The van der Waals surface area contributed by atoms with Crippen molar-refractivity contribution in [1.29, 1.82) is 0 Å². The first-order valence-electron chi connectivity index (χ1n) is 5.72. The number of Topliss-reactive ketones (excluding diaryl/α,β-unsaturated/α-hetero) is 1. The van der Waals surface area contributed by atoms with Gasteiger partial charge in [0.15, 0.2) is 5.78 Å². The van der Waals surface area contributed by atoms with Gasteiger partial charge in [-0.2, -0.15) is 0 Å². The Balaban J connectivity index is 4.31. The number of hydrogen-bond donors (Lipinski definition) is 2. The minimum Gasteiger partial charge on any atom is -0.324 e. The molecule has 0 aromatic rings. The van der Waals surface area contributed by atoms with E-state index in [0.717, 1.165) is 19.3 Å². The van der Waals surface area contributed by atoms with Crippen LogP contribution < -0.4 is 0 Å². The van der Waals surface area contributed by atoms with Crippen LogP contribution >= 0.6 is 7.60 Å². The summed E-state index contributed by atoms with van der Waals surface area (Å²) in [5, 5.41) is 0. The monoisotopic (exact) mass is 260 g/mol. The lowest BCUT2D eigenvalue weighted by molar-refractivity contribution is -0.124. The highest BCUT2D eigenvalue weighted by Gasteiger charge is 2.31. The Hall–Kier alpha value is -0.620. The Kier molecular flexibility index (Phi) is 6.70. The average molecular weight is 260 g/mol. The van der Waals surface area contributed by atoms with E-state index in [1.54, 1.807) is 13.8 Å². The minimum atomic E-state index is -4.27. The molecule has 0 unspecified atom stereocenters. The van der Waals surface area contributed by atoms with E-state index in [1.807, 2.05) is 0 Å². The number of carbonyl (C=O) groups is 1. The fraction of sp³-hybridized carbons (Fsp3) is 0.750. The van der Waals surface area contributed by atoms with Crippen LogP contribution in [-0.2, 0) is 9.36 Å². The van der Waals surface area contributed by atoms with E-state index in [2.05, 4.69) is 18.8 Å². The minimum absolute atomic E-state index is 0.343. The molecule has 0 radical (unpaired) electrons. The molecule has 0 rings (SSSR count). The fourth-order valence-corrected chi connectivity index (χ4v) is 1.94. The molecule has 0 aromatic heterocycles. The van der Waals surface area contributed by atoms with Crippen LogP contribution in [0.2, 0.25) is 0 Å². The van der Waals surface area contributed by atoms with Crippen LogP contribution in [0.25, 0.3) is 0 Å². The van der Waals surface area contributed by atoms with Gasteiger partial charge in [-0.15, -0.1) is 11.8 Å². The zero-order valence-electron chi connectivity index (χ0n) is 10.7. The van der Waals surface area contributed by atoms with Crippen LogP contribution in [0.1, 0.15) is 46.5 Å². The zero-order chi connectivity index (χ0) is 13.5. The molecule has 2 N–H and O–H groups in total. The van der Waals surface area contributed by atoms with Crippen molar-refractivity contribution in [2.75, 3.05) is 6.16 Å². The van der Waals surface area contributed by atoms with Gasteiger partial charge < -0.3 is 9.79 Å². The first-order valence-corrected chi connectivity index (χ1v) is 7.52. The molecular formula is C12H21O4P. The molecule has 0 spiro atoms. The van der Waals surface area contributed by atoms with Crippen molar-refractivity contribution in [3.8, 4) is 11.8 Å². The van der Waals surface area contributed by atoms with Crippen molar-refractivity contribution < 1.29 is 19.1 Å². The summed E-state index contributed by atoms with van der Waals surface area (Å²) < 4.78 is 10.7. The van der Waals surface area contributed by atoms with E-state index < -0.39 is 25.0 Å².